The molecule has 116 valence electrons. The molecule has 0 unspecified atom stereocenters. The predicted octanol–water partition coefficient (Wildman–Crippen LogP) is 2.49. The standard InChI is InChI=1S/C17H20N2O2S/c20-22(21,17-9-5-2-6-10-17)18-13-15-11-12-19(14-15)16-7-3-1-4-8-16/h1-10,15,18H,11-14H2/t15-/m0/s1. The van der Waals surface area contributed by atoms with Crippen LogP contribution in [0.5, 0.6) is 0 Å². The van der Waals surface area contributed by atoms with Crippen LogP contribution >= 0.6 is 0 Å². The van der Waals surface area contributed by atoms with Gasteiger partial charge < -0.3 is 4.90 Å². The predicted molar refractivity (Wildman–Crippen MR) is 88.4 cm³/mol. The van der Waals surface area contributed by atoms with Crippen LogP contribution in [0.25, 0.3) is 0 Å². The fourth-order valence-corrected chi connectivity index (χ4v) is 3.92. The monoisotopic (exact) mass is 316 g/mol. The van der Waals surface area contributed by atoms with Crippen LogP contribution in [-0.4, -0.2) is 28.1 Å². The van der Waals surface area contributed by atoms with Crippen molar-refractivity contribution in [2.24, 2.45) is 5.92 Å². The number of nitrogens with zero attached hydrogens (tertiary/aromatic N) is 1. The van der Waals surface area contributed by atoms with E-state index in [1.54, 1.807) is 24.3 Å². The lowest BCUT2D eigenvalue weighted by molar-refractivity contribution is 0.541. The van der Waals surface area contributed by atoms with Crippen LogP contribution in [-0.2, 0) is 10.0 Å². The molecule has 1 N–H and O–H groups in total. The van der Waals surface area contributed by atoms with Crippen LogP contribution in [0.2, 0.25) is 0 Å². The van der Waals surface area contributed by atoms with E-state index >= 15 is 0 Å². The minimum Gasteiger partial charge on any atom is -0.371 e. The van der Waals surface area contributed by atoms with Crippen LogP contribution in [0.15, 0.2) is 65.6 Å². The van der Waals surface area contributed by atoms with Crippen LogP contribution in [0.3, 0.4) is 0 Å². The van der Waals surface area contributed by atoms with Gasteiger partial charge in [-0.2, -0.15) is 0 Å². The van der Waals surface area contributed by atoms with Crippen LogP contribution < -0.4 is 9.62 Å². The maximum atomic E-state index is 12.2. The maximum Gasteiger partial charge on any atom is 0.240 e. The number of nitrogens with one attached hydrogen (secondary N) is 1. The van der Waals surface area contributed by atoms with Crippen molar-refractivity contribution in [2.45, 2.75) is 11.3 Å². The second-order valence-electron chi connectivity index (χ2n) is 5.60. The molecule has 0 aliphatic carbocycles. The number of hydrogen-bond donors (Lipinski definition) is 1. The first kappa shape index (κ1) is 15.1. The van der Waals surface area contributed by atoms with Gasteiger partial charge in [-0.25, -0.2) is 13.1 Å². The van der Waals surface area contributed by atoms with Crippen LogP contribution in [0.4, 0.5) is 5.69 Å². The molecule has 0 aromatic heterocycles. The lowest BCUT2D eigenvalue weighted by Crippen LogP contribution is -2.31. The van der Waals surface area contributed by atoms with Crippen molar-refractivity contribution in [1.29, 1.82) is 0 Å². The van der Waals surface area contributed by atoms with E-state index in [9.17, 15) is 8.42 Å². The average Bonchev–Trinajstić information content (AvgIpc) is 3.04. The molecule has 1 aliphatic rings. The molecule has 1 heterocycles. The van der Waals surface area contributed by atoms with Crippen LogP contribution in [0, 0.1) is 5.92 Å². The summed E-state index contributed by atoms with van der Waals surface area (Å²) >= 11 is 0. The topological polar surface area (TPSA) is 49.4 Å². The smallest absolute Gasteiger partial charge is 0.240 e. The Kier molecular flexibility index (Phi) is 4.45. The van der Waals surface area contributed by atoms with Gasteiger partial charge in [0.05, 0.1) is 4.90 Å². The number of hydrogen-bond acceptors (Lipinski definition) is 3. The number of para-hydroxylation sites is 1. The SMILES string of the molecule is O=S(=O)(NC[C@@H]1CCN(c2ccccc2)C1)c1ccccc1. The molecular weight excluding hydrogens is 296 g/mol. The van der Waals surface area contributed by atoms with Crippen LogP contribution in [0.1, 0.15) is 6.42 Å². The molecule has 1 aliphatic heterocycles. The molecule has 0 spiro atoms. The Morgan fingerprint density at radius 3 is 2.32 bits per heavy atom. The molecule has 4 nitrogen and oxygen atoms in total. The molecule has 0 saturated carbocycles. The maximum absolute atomic E-state index is 12.2. The Hall–Kier alpha value is -1.85. The van der Waals surface area contributed by atoms with Crippen molar-refractivity contribution in [1.82, 2.24) is 4.72 Å². The Bertz CT molecular complexity index is 702. The van der Waals surface area contributed by atoms with E-state index in [4.69, 9.17) is 0 Å². The van der Waals surface area contributed by atoms with Crippen molar-refractivity contribution in [3.05, 3.63) is 60.7 Å². The van der Waals surface area contributed by atoms with Crippen molar-refractivity contribution >= 4 is 15.7 Å². The van der Waals surface area contributed by atoms with Crippen molar-refractivity contribution in [2.75, 3.05) is 24.5 Å². The lowest BCUT2D eigenvalue weighted by atomic mass is 10.1. The summed E-state index contributed by atoms with van der Waals surface area (Å²) in [6.45, 7) is 2.35. The lowest BCUT2D eigenvalue weighted by Gasteiger charge is -2.18. The number of anilines is 1. The van der Waals surface area contributed by atoms with Crippen molar-refractivity contribution in [3.63, 3.8) is 0 Å². The van der Waals surface area contributed by atoms with E-state index in [-0.39, 0.29) is 0 Å². The summed E-state index contributed by atoms with van der Waals surface area (Å²) in [5, 5.41) is 0. The fourth-order valence-electron chi connectivity index (χ4n) is 2.78. The Balaban J connectivity index is 1.57. The molecule has 1 saturated heterocycles. The molecule has 3 rings (SSSR count). The highest BCUT2D eigenvalue weighted by molar-refractivity contribution is 7.89. The summed E-state index contributed by atoms with van der Waals surface area (Å²) in [5.74, 6) is 0.346. The van der Waals surface area contributed by atoms with E-state index in [0.717, 1.165) is 19.5 Å². The van der Waals surface area contributed by atoms with E-state index in [1.807, 2.05) is 24.3 Å². The summed E-state index contributed by atoms with van der Waals surface area (Å²) in [6.07, 6.45) is 1.01. The summed E-state index contributed by atoms with van der Waals surface area (Å²) in [5.41, 5.74) is 1.20. The van der Waals surface area contributed by atoms with Gasteiger partial charge in [0.15, 0.2) is 0 Å². The largest absolute Gasteiger partial charge is 0.371 e. The molecule has 1 fully saturated rings. The highest BCUT2D eigenvalue weighted by Crippen LogP contribution is 2.23. The Morgan fingerprint density at radius 2 is 1.64 bits per heavy atom. The first-order valence-corrected chi connectivity index (χ1v) is 8.98. The first-order chi connectivity index (χ1) is 10.6. The summed E-state index contributed by atoms with van der Waals surface area (Å²) in [7, 11) is -3.40. The van der Waals surface area contributed by atoms with E-state index < -0.39 is 10.0 Å². The Labute approximate surface area is 131 Å². The fraction of sp³-hybridized carbons (Fsp3) is 0.294. The zero-order valence-electron chi connectivity index (χ0n) is 12.4. The average molecular weight is 316 g/mol. The van der Waals surface area contributed by atoms with Gasteiger partial charge in [-0.3, -0.25) is 0 Å². The molecule has 0 bridgehead atoms. The second kappa shape index (κ2) is 6.50. The molecule has 5 heteroatoms. The van der Waals surface area contributed by atoms with Gasteiger partial charge in [0.2, 0.25) is 10.0 Å². The second-order valence-corrected chi connectivity index (χ2v) is 7.37. The third kappa shape index (κ3) is 3.48. The van der Waals surface area contributed by atoms with E-state index in [0.29, 0.717) is 17.4 Å². The minimum absolute atomic E-state index is 0.327. The van der Waals surface area contributed by atoms with Gasteiger partial charge in [0.25, 0.3) is 0 Å². The Morgan fingerprint density at radius 1 is 1.00 bits per heavy atom. The first-order valence-electron chi connectivity index (χ1n) is 7.50. The third-order valence-electron chi connectivity index (χ3n) is 4.02. The molecule has 0 radical (unpaired) electrons. The summed E-state index contributed by atoms with van der Waals surface area (Å²) in [6, 6.07) is 18.8. The molecule has 1 atom stereocenters. The molecular formula is C17H20N2O2S. The van der Waals surface area contributed by atoms with Gasteiger partial charge >= 0.3 is 0 Å². The van der Waals surface area contributed by atoms with Gasteiger partial charge in [-0.1, -0.05) is 36.4 Å². The van der Waals surface area contributed by atoms with Crippen molar-refractivity contribution in [3.8, 4) is 0 Å². The molecule has 22 heavy (non-hydrogen) atoms. The minimum atomic E-state index is -3.40. The van der Waals surface area contributed by atoms with Gasteiger partial charge in [0.1, 0.15) is 0 Å². The highest BCUT2D eigenvalue weighted by Gasteiger charge is 2.24. The van der Waals surface area contributed by atoms with Gasteiger partial charge in [-0.15, -0.1) is 0 Å². The van der Waals surface area contributed by atoms with Crippen molar-refractivity contribution < 1.29 is 8.42 Å². The van der Waals surface area contributed by atoms with E-state index in [2.05, 4.69) is 21.8 Å². The third-order valence-corrected chi connectivity index (χ3v) is 5.46. The number of sulfonamides is 1. The van der Waals surface area contributed by atoms with Gasteiger partial charge in [-0.05, 0) is 36.6 Å². The molecule has 2 aromatic rings. The zero-order chi connectivity index (χ0) is 15.4. The highest BCUT2D eigenvalue weighted by atomic mass is 32.2. The number of rotatable bonds is 5. The number of benzene rings is 2. The molecule has 0 amide bonds. The molecule has 2 aromatic carbocycles. The summed E-state index contributed by atoms with van der Waals surface area (Å²) in [4.78, 5) is 2.63. The zero-order valence-corrected chi connectivity index (χ0v) is 13.2. The summed E-state index contributed by atoms with van der Waals surface area (Å²) < 4.78 is 27.2. The quantitative estimate of drug-likeness (QED) is 0.922. The van der Waals surface area contributed by atoms with Gasteiger partial charge in [0, 0.05) is 25.3 Å². The van der Waals surface area contributed by atoms with E-state index in [1.165, 1.54) is 5.69 Å². The normalized spacial score (nSPS) is 18.5.